The molecule has 0 aliphatic carbocycles. The summed E-state index contributed by atoms with van der Waals surface area (Å²) in [4.78, 5) is 14.8. The summed E-state index contributed by atoms with van der Waals surface area (Å²) in [6.07, 6.45) is 3.70. The molecule has 2 N–H and O–H groups in total. The third-order valence-electron chi connectivity index (χ3n) is 3.42. The fourth-order valence-electron chi connectivity index (χ4n) is 2.48. The minimum atomic E-state index is -0.0817. The molecule has 3 rings (SSSR count). The largest absolute Gasteiger partial charge is 0.508 e. The van der Waals surface area contributed by atoms with Gasteiger partial charge < -0.3 is 10.1 Å². The van der Waals surface area contributed by atoms with Crippen molar-refractivity contribution < 1.29 is 5.11 Å². The lowest BCUT2D eigenvalue weighted by Gasteiger charge is -2.21. The lowest BCUT2D eigenvalue weighted by Crippen LogP contribution is -2.24. The molecule has 0 amide bonds. The minimum Gasteiger partial charge on any atom is -0.508 e. The summed E-state index contributed by atoms with van der Waals surface area (Å²) < 4.78 is 1.75. The van der Waals surface area contributed by atoms with Crippen LogP contribution in [0.2, 0.25) is 0 Å². The third-order valence-corrected chi connectivity index (χ3v) is 4.80. The molecule has 18 heavy (non-hydrogen) atoms. The zero-order valence-electron chi connectivity index (χ0n) is 10.1. The van der Waals surface area contributed by atoms with Gasteiger partial charge in [-0.1, -0.05) is 6.42 Å². The van der Waals surface area contributed by atoms with Crippen molar-refractivity contribution in [2.75, 3.05) is 5.75 Å². The Hall–Kier alpha value is -1.36. The average Bonchev–Trinajstić information content (AvgIpc) is 2.67. The van der Waals surface area contributed by atoms with Gasteiger partial charge in [0.25, 0.3) is 0 Å². The van der Waals surface area contributed by atoms with Gasteiger partial charge in [0.05, 0.1) is 11.0 Å². The van der Waals surface area contributed by atoms with Gasteiger partial charge in [0, 0.05) is 17.9 Å². The number of benzene rings is 1. The van der Waals surface area contributed by atoms with Crippen molar-refractivity contribution in [1.29, 1.82) is 0 Å². The highest BCUT2D eigenvalue weighted by Gasteiger charge is 2.17. The predicted molar refractivity (Wildman–Crippen MR) is 74.3 cm³/mol. The van der Waals surface area contributed by atoms with E-state index in [-0.39, 0.29) is 11.4 Å². The Morgan fingerprint density at radius 2 is 2.33 bits per heavy atom. The maximum Gasteiger partial charge on any atom is 0.326 e. The van der Waals surface area contributed by atoms with E-state index in [4.69, 9.17) is 0 Å². The Kier molecular flexibility index (Phi) is 3.07. The molecule has 1 fully saturated rings. The minimum absolute atomic E-state index is 0.0817. The van der Waals surface area contributed by atoms with E-state index in [9.17, 15) is 9.90 Å². The van der Waals surface area contributed by atoms with Crippen LogP contribution in [-0.2, 0) is 6.54 Å². The molecule has 1 aromatic heterocycles. The number of H-pyrrole nitrogens is 1. The third kappa shape index (κ3) is 2.14. The molecule has 1 atom stereocenters. The molecule has 1 unspecified atom stereocenters. The Morgan fingerprint density at radius 3 is 3.11 bits per heavy atom. The van der Waals surface area contributed by atoms with Crippen LogP contribution in [0.15, 0.2) is 23.0 Å². The number of nitrogens with zero attached hydrogens (tertiary/aromatic N) is 1. The Balaban J connectivity index is 1.97. The molecule has 0 spiro atoms. The number of phenols is 1. The highest BCUT2D eigenvalue weighted by Crippen LogP contribution is 2.27. The first-order valence-corrected chi connectivity index (χ1v) is 7.32. The molecule has 2 heterocycles. The van der Waals surface area contributed by atoms with E-state index < -0.39 is 0 Å². The second-order valence-corrected chi connectivity index (χ2v) is 6.14. The van der Waals surface area contributed by atoms with Gasteiger partial charge in [-0.15, -0.1) is 0 Å². The molecule has 96 valence electrons. The second kappa shape index (κ2) is 4.72. The molecule has 2 aromatic rings. The van der Waals surface area contributed by atoms with E-state index in [1.165, 1.54) is 25.0 Å². The van der Waals surface area contributed by atoms with Crippen molar-refractivity contribution in [3.8, 4) is 5.75 Å². The van der Waals surface area contributed by atoms with Gasteiger partial charge in [-0.2, -0.15) is 11.8 Å². The summed E-state index contributed by atoms with van der Waals surface area (Å²) in [5, 5.41) is 10.0. The lowest BCUT2D eigenvalue weighted by atomic mass is 10.2. The molecule has 5 heteroatoms. The SMILES string of the molecule is O=c1[nH]c2ccc(O)cc2n1CC1CCCCS1. The summed E-state index contributed by atoms with van der Waals surface area (Å²) in [5.74, 6) is 1.39. The van der Waals surface area contributed by atoms with E-state index in [0.29, 0.717) is 5.25 Å². The van der Waals surface area contributed by atoms with Crippen molar-refractivity contribution in [3.63, 3.8) is 0 Å². The maximum absolute atomic E-state index is 11.9. The zero-order chi connectivity index (χ0) is 12.5. The van der Waals surface area contributed by atoms with Crippen LogP contribution in [0.5, 0.6) is 5.75 Å². The standard InChI is InChI=1S/C13H16N2O2S/c16-9-4-5-11-12(7-9)15(13(17)14-11)8-10-3-1-2-6-18-10/h4-5,7,10,16H,1-3,6,8H2,(H,14,17). The zero-order valence-corrected chi connectivity index (χ0v) is 10.9. The summed E-state index contributed by atoms with van der Waals surface area (Å²) in [5.41, 5.74) is 1.51. The molecular weight excluding hydrogens is 248 g/mol. The van der Waals surface area contributed by atoms with Crippen LogP contribution in [0.25, 0.3) is 11.0 Å². The van der Waals surface area contributed by atoms with E-state index in [0.717, 1.165) is 17.6 Å². The first-order chi connectivity index (χ1) is 8.74. The van der Waals surface area contributed by atoms with Crippen LogP contribution in [0.1, 0.15) is 19.3 Å². The summed E-state index contributed by atoms with van der Waals surface area (Å²) in [6.45, 7) is 0.729. The van der Waals surface area contributed by atoms with Crippen LogP contribution in [0.4, 0.5) is 0 Å². The lowest BCUT2D eigenvalue weighted by molar-refractivity contribution is 0.475. The summed E-state index contributed by atoms with van der Waals surface area (Å²) >= 11 is 1.95. The van der Waals surface area contributed by atoms with Crippen molar-refractivity contribution >= 4 is 22.8 Å². The molecule has 1 aromatic carbocycles. The van der Waals surface area contributed by atoms with Crippen molar-refractivity contribution in [3.05, 3.63) is 28.7 Å². The fourth-order valence-corrected chi connectivity index (χ4v) is 3.77. The molecular formula is C13H16N2O2S. The van der Waals surface area contributed by atoms with E-state index in [1.54, 1.807) is 22.8 Å². The van der Waals surface area contributed by atoms with Gasteiger partial charge in [0.1, 0.15) is 5.75 Å². The Morgan fingerprint density at radius 1 is 1.44 bits per heavy atom. The van der Waals surface area contributed by atoms with E-state index in [2.05, 4.69) is 4.98 Å². The number of phenolic OH excluding ortho intramolecular Hbond substituents is 1. The second-order valence-electron chi connectivity index (χ2n) is 4.73. The number of rotatable bonds is 2. The van der Waals surface area contributed by atoms with Crippen LogP contribution in [-0.4, -0.2) is 25.7 Å². The predicted octanol–water partition coefficient (Wildman–Crippen LogP) is 2.32. The van der Waals surface area contributed by atoms with Gasteiger partial charge in [-0.25, -0.2) is 4.79 Å². The molecule has 1 aliphatic heterocycles. The quantitative estimate of drug-likeness (QED) is 0.875. The normalized spacial score (nSPS) is 20.3. The molecule has 0 radical (unpaired) electrons. The molecule has 0 saturated carbocycles. The number of aromatic nitrogens is 2. The van der Waals surface area contributed by atoms with Crippen LogP contribution in [0, 0.1) is 0 Å². The number of fused-ring (bicyclic) bond motifs is 1. The first-order valence-electron chi connectivity index (χ1n) is 6.27. The van der Waals surface area contributed by atoms with E-state index >= 15 is 0 Å². The topological polar surface area (TPSA) is 58.0 Å². The summed E-state index contributed by atoms with van der Waals surface area (Å²) in [7, 11) is 0. The van der Waals surface area contributed by atoms with Crippen molar-refractivity contribution in [1.82, 2.24) is 9.55 Å². The molecule has 1 aliphatic rings. The van der Waals surface area contributed by atoms with E-state index in [1.807, 2.05) is 11.8 Å². The number of nitrogens with one attached hydrogen (secondary N) is 1. The maximum atomic E-state index is 11.9. The number of hydrogen-bond acceptors (Lipinski definition) is 3. The Bertz CT molecular complexity index is 611. The highest BCUT2D eigenvalue weighted by molar-refractivity contribution is 7.99. The monoisotopic (exact) mass is 264 g/mol. The first kappa shape index (κ1) is 11.7. The average molecular weight is 264 g/mol. The van der Waals surface area contributed by atoms with Gasteiger partial charge in [-0.05, 0) is 30.7 Å². The smallest absolute Gasteiger partial charge is 0.326 e. The highest BCUT2D eigenvalue weighted by atomic mass is 32.2. The fraction of sp³-hybridized carbons (Fsp3) is 0.462. The van der Waals surface area contributed by atoms with Crippen molar-refractivity contribution in [2.45, 2.75) is 31.1 Å². The number of thioether (sulfide) groups is 1. The molecule has 4 nitrogen and oxygen atoms in total. The molecule has 1 saturated heterocycles. The number of aromatic amines is 1. The van der Waals surface area contributed by atoms with Crippen LogP contribution >= 0.6 is 11.8 Å². The van der Waals surface area contributed by atoms with Gasteiger partial charge in [-0.3, -0.25) is 4.57 Å². The van der Waals surface area contributed by atoms with Gasteiger partial charge in [0.15, 0.2) is 0 Å². The number of imidazole rings is 1. The van der Waals surface area contributed by atoms with Gasteiger partial charge >= 0.3 is 5.69 Å². The number of aromatic hydroxyl groups is 1. The van der Waals surface area contributed by atoms with Crippen LogP contribution in [0.3, 0.4) is 0 Å². The van der Waals surface area contributed by atoms with Crippen molar-refractivity contribution in [2.24, 2.45) is 0 Å². The number of hydrogen-bond donors (Lipinski definition) is 2. The van der Waals surface area contributed by atoms with Gasteiger partial charge in [0.2, 0.25) is 0 Å². The molecule has 0 bridgehead atoms. The van der Waals surface area contributed by atoms with Crippen LogP contribution < -0.4 is 5.69 Å². The Labute approximate surface area is 109 Å². The summed E-state index contributed by atoms with van der Waals surface area (Å²) in [6, 6.07) is 5.00.